The third-order valence-electron chi connectivity index (χ3n) is 4.20. The van der Waals surface area contributed by atoms with Crippen LogP contribution < -0.4 is 4.74 Å². The fourth-order valence-corrected chi connectivity index (χ4v) is 2.78. The second kappa shape index (κ2) is 9.86. The summed E-state index contributed by atoms with van der Waals surface area (Å²) in [6.45, 7) is 2.23. The van der Waals surface area contributed by atoms with Crippen LogP contribution in [0.5, 0.6) is 17.2 Å². The molecule has 0 radical (unpaired) electrons. The van der Waals surface area contributed by atoms with E-state index in [1.807, 2.05) is 12.1 Å². The SMILES string of the molecule is CCCCCCCCC(Oc1ccc(O)cc1)c1ccc(O)cc1. The van der Waals surface area contributed by atoms with Gasteiger partial charge in [-0.2, -0.15) is 0 Å². The molecule has 0 aliphatic carbocycles. The minimum atomic E-state index is -0.0404. The molecule has 2 N–H and O–H groups in total. The largest absolute Gasteiger partial charge is 0.508 e. The maximum atomic E-state index is 9.49. The molecule has 24 heavy (non-hydrogen) atoms. The summed E-state index contributed by atoms with van der Waals surface area (Å²) in [6.07, 6.45) is 8.39. The Bertz CT molecular complexity index is 575. The number of benzene rings is 2. The van der Waals surface area contributed by atoms with Gasteiger partial charge in [-0.25, -0.2) is 0 Å². The van der Waals surface area contributed by atoms with Gasteiger partial charge in [0.15, 0.2) is 0 Å². The van der Waals surface area contributed by atoms with Gasteiger partial charge in [0, 0.05) is 0 Å². The molecule has 2 rings (SSSR count). The summed E-state index contributed by atoms with van der Waals surface area (Å²) in [6, 6.07) is 14.1. The third kappa shape index (κ3) is 6.15. The number of phenols is 2. The van der Waals surface area contributed by atoms with Gasteiger partial charge in [0.2, 0.25) is 0 Å². The molecule has 0 aliphatic rings. The third-order valence-corrected chi connectivity index (χ3v) is 4.20. The number of ether oxygens (including phenoxy) is 1. The number of phenolic OH excluding ortho intramolecular Hbond substituents is 2. The van der Waals surface area contributed by atoms with Crippen LogP contribution in [-0.4, -0.2) is 10.2 Å². The van der Waals surface area contributed by atoms with E-state index >= 15 is 0 Å². The van der Waals surface area contributed by atoms with Gasteiger partial charge in [-0.1, -0.05) is 51.2 Å². The predicted molar refractivity (Wildman–Crippen MR) is 97.6 cm³/mol. The summed E-state index contributed by atoms with van der Waals surface area (Å²) >= 11 is 0. The molecule has 2 aromatic carbocycles. The number of hydrogen-bond acceptors (Lipinski definition) is 3. The lowest BCUT2D eigenvalue weighted by Gasteiger charge is -2.20. The van der Waals surface area contributed by atoms with E-state index in [0.717, 1.165) is 24.2 Å². The highest BCUT2D eigenvalue weighted by Crippen LogP contribution is 2.29. The summed E-state index contributed by atoms with van der Waals surface area (Å²) < 4.78 is 6.13. The Labute approximate surface area is 144 Å². The number of hydrogen-bond donors (Lipinski definition) is 2. The zero-order valence-corrected chi connectivity index (χ0v) is 14.4. The number of rotatable bonds is 10. The van der Waals surface area contributed by atoms with Crippen LogP contribution in [0.4, 0.5) is 0 Å². The molecule has 0 spiro atoms. The van der Waals surface area contributed by atoms with Crippen molar-refractivity contribution in [2.24, 2.45) is 0 Å². The minimum absolute atomic E-state index is 0.0404. The van der Waals surface area contributed by atoms with Gasteiger partial charge in [-0.05, 0) is 54.8 Å². The molecular weight excluding hydrogens is 300 g/mol. The van der Waals surface area contributed by atoms with Gasteiger partial charge >= 0.3 is 0 Å². The first kappa shape index (κ1) is 18.2. The van der Waals surface area contributed by atoms with Gasteiger partial charge in [-0.3, -0.25) is 0 Å². The second-order valence-corrected chi connectivity index (χ2v) is 6.25. The quantitative estimate of drug-likeness (QED) is 0.528. The Hall–Kier alpha value is -2.16. The summed E-state index contributed by atoms with van der Waals surface area (Å²) in [4.78, 5) is 0. The zero-order chi connectivity index (χ0) is 17.2. The highest BCUT2D eigenvalue weighted by atomic mass is 16.5. The summed E-state index contributed by atoms with van der Waals surface area (Å²) in [7, 11) is 0. The minimum Gasteiger partial charge on any atom is -0.508 e. The van der Waals surface area contributed by atoms with E-state index < -0.39 is 0 Å². The number of unbranched alkanes of at least 4 members (excludes halogenated alkanes) is 5. The van der Waals surface area contributed by atoms with Crippen molar-refractivity contribution < 1.29 is 14.9 Å². The fourth-order valence-electron chi connectivity index (χ4n) is 2.78. The molecule has 0 fully saturated rings. The molecule has 0 bridgehead atoms. The normalized spacial score (nSPS) is 12.0. The van der Waals surface area contributed by atoms with Crippen LogP contribution in [0.1, 0.15) is 63.5 Å². The van der Waals surface area contributed by atoms with E-state index in [1.54, 1.807) is 36.4 Å². The van der Waals surface area contributed by atoms with Crippen molar-refractivity contribution in [1.82, 2.24) is 0 Å². The van der Waals surface area contributed by atoms with Gasteiger partial charge in [-0.15, -0.1) is 0 Å². The van der Waals surface area contributed by atoms with E-state index in [0.29, 0.717) is 0 Å². The fraction of sp³-hybridized carbons (Fsp3) is 0.429. The number of aromatic hydroxyl groups is 2. The Balaban J connectivity index is 1.95. The highest BCUT2D eigenvalue weighted by molar-refractivity contribution is 5.32. The molecule has 0 aliphatic heterocycles. The molecule has 2 aromatic rings. The average molecular weight is 328 g/mol. The van der Waals surface area contributed by atoms with E-state index in [2.05, 4.69) is 6.92 Å². The van der Waals surface area contributed by atoms with E-state index in [4.69, 9.17) is 4.74 Å². The van der Waals surface area contributed by atoms with Crippen LogP contribution in [0, 0.1) is 0 Å². The topological polar surface area (TPSA) is 49.7 Å². The molecule has 0 saturated carbocycles. The molecule has 3 nitrogen and oxygen atoms in total. The van der Waals surface area contributed by atoms with E-state index in [9.17, 15) is 10.2 Å². The summed E-state index contributed by atoms with van der Waals surface area (Å²) in [5.74, 6) is 1.25. The average Bonchev–Trinajstić information content (AvgIpc) is 2.59. The van der Waals surface area contributed by atoms with E-state index in [1.165, 1.54) is 32.1 Å². The Morgan fingerprint density at radius 3 is 1.92 bits per heavy atom. The molecule has 0 aromatic heterocycles. The van der Waals surface area contributed by atoms with Crippen molar-refractivity contribution in [1.29, 1.82) is 0 Å². The lowest BCUT2D eigenvalue weighted by atomic mass is 10.0. The van der Waals surface area contributed by atoms with Crippen LogP contribution >= 0.6 is 0 Å². The van der Waals surface area contributed by atoms with Crippen LogP contribution in [0.2, 0.25) is 0 Å². The monoisotopic (exact) mass is 328 g/mol. The van der Waals surface area contributed by atoms with Gasteiger partial charge in [0.1, 0.15) is 23.4 Å². The molecule has 1 atom stereocenters. The van der Waals surface area contributed by atoms with Crippen LogP contribution in [-0.2, 0) is 0 Å². The first-order valence-corrected chi connectivity index (χ1v) is 8.93. The predicted octanol–water partition coefficient (Wildman–Crippen LogP) is 5.97. The Kier molecular flexibility index (Phi) is 7.47. The molecule has 0 amide bonds. The Morgan fingerprint density at radius 1 is 0.750 bits per heavy atom. The van der Waals surface area contributed by atoms with Gasteiger partial charge in [0.25, 0.3) is 0 Å². The maximum Gasteiger partial charge on any atom is 0.124 e. The van der Waals surface area contributed by atoms with Crippen molar-refractivity contribution in [3.8, 4) is 17.2 Å². The van der Waals surface area contributed by atoms with Crippen molar-refractivity contribution >= 4 is 0 Å². The van der Waals surface area contributed by atoms with Gasteiger partial charge < -0.3 is 14.9 Å². The van der Waals surface area contributed by atoms with Crippen molar-refractivity contribution in [2.45, 2.75) is 58.0 Å². The van der Waals surface area contributed by atoms with Crippen molar-refractivity contribution in [3.05, 3.63) is 54.1 Å². The van der Waals surface area contributed by atoms with Crippen LogP contribution in [0.3, 0.4) is 0 Å². The zero-order valence-electron chi connectivity index (χ0n) is 14.4. The second-order valence-electron chi connectivity index (χ2n) is 6.25. The summed E-state index contributed by atoms with van der Waals surface area (Å²) in [5.41, 5.74) is 1.06. The standard InChI is InChI=1S/C21H28O3/c1-2-3-4-5-6-7-8-21(17-9-11-18(22)12-10-17)24-20-15-13-19(23)14-16-20/h9-16,21-23H,2-8H2,1H3. The first-order valence-electron chi connectivity index (χ1n) is 8.93. The van der Waals surface area contributed by atoms with E-state index in [-0.39, 0.29) is 17.6 Å². The first-order chi connectivity index (χ1) is 11.7. The maximum absolute atomic E-state index is 9.49. The lowest BCUT2D eigenvalue weighted by Crippen LogP contribution is -2.07. The summed E-state index contributed by atoms with van der Waals surface area (Å²) in [5, 5.41) is 18.9. The molecule has 3 heteroatoms. The molecule has 0 saturated heterocycles. The van der Waals surface area contributed by atoms with Crippen LogP contribution in [0.15, 0.2) is 48.5 Å². The Morgan fingerprint density at radius 2 is 1.29 bits per heavy atom. The smallest absolute Gasteiger partial charge is 0.124 e. The lowest BCUT2D eigenvalue weighted by molar-refractivity contribution is 0.190. The molecule has 130 valence electrons. The molecule has 1 unspecified atom stereocenters. The molecular formula is C21H28O3. The van der Waals surface area contributed by atoms with Crippen LogP contribution in [0.25, 0.3) is 0 Å². The van der Waals surface area contributed by atoms with Gasteiger partial charge in [0.05, 0.1) is 0 Å². The highest BCUT2D eigenvalue weighted by Gasteiger charge is 2.13. The molecule has 0 heterocycles. The van der Waals surface area contributed by atoms with Crippen molar-refractivity contribution in [3.63, 3.8) is 0 Å². The van der Waals surface area contributed by atoms with Crippen molar-refractivity contribution in [2.75, 3.05) is 0 Å².